The predicted octanol–water partition coefficient (Wildman–Crippen LogP) is 2.33. The molecular formula is C13H20N2O. The first-order valence-corrected chi connectivity index (χ1v) is 6.08. The lowest BCUT2D eigenvalue weighted by atomic mass is 10.2. The zero-order chi connectivity index (χ0) is 11.2. The Morgan fingerprint density at radius 2 is 1.88 bits per heavy atom. The minimum absolute atomic E-state index is 0.700. The zero-order valence-corrected chi connectivity index (χ0v) is 9.91. The Morgan fingerprint density at radius 3 is 2.50 bits per heavy atom. The van der Waals surface area contributed by atoms with Crippen LogP contribution in [0.3, 0.4) is 0 Å². The average molecular weight is 220 g/mol. The molecule has 0 aromatic heterocycles. The maximum absolute atomic E-state index is 5.11. The maximum atomic E-state index is 5.11. The highest BCUT2D eigenvalue weighted by atomic mass is 16.6. The van der Waals surface area contributed by atoms with E-state index in [1.54, 1.807) is 0 Å². The largest absolute Gasteiger partial charge is 0.372 e. The Balaban J connectivity index is 1.88. The van der Waals surface area contributed by atoms with E-state index in [0.29, 0.717) is 6.61 Å². The third-order valence-electron chi connectivity index (χ3n) is 2.93. The Hall–Kier alpha value is -1.06. The SMILES string of the molecule is CCONCc1ccc(N2CCCC2)cc1. The number of hydrogen-bond acceptors (Lipinski definition) is 3. The second-order valence-corrected chi connectivity index (χ2v) is 4.11. The van der Waals surface area contributed by atoms with Gasteiger partial charge < -0.3 is 9.74 Å². The van der Waals surface area contributed by atoms with E-state index < -0.39 is 0 Å². The highest BCUT2D eigenvalue weighted by molar-refractivity contribution is 5.48. The molecule has 1 aliphatic rings. The van der Waals surface area contributed by atoms with E-state index in [0.717, 1.165) is 6.54 Å². The van der Waals surface area contributed by atoms with Crippen LogP contribution in [0, 0.1) is 0 Å². The molecule has 1 aromatic carbocycles. The molecule has 0 spiro atoms. The minimum atomic E-state index is 0.700. The van der Waals surface area contributed by atoms with Gasteiger partial charge in [0.1, 0.15) is 0 Å². The summed E-state index contributed by atoms with van der Waals surface area (Å²) in [4.78, 5) is 7.55. The first-order valence-electron chi connectivity index (χ1n) is 6.08. The molecule has 0 unspecified atom stereocenters. The van der Waals surface area contributed by atoms with E-state index in [2.05, 4.69) is 34.6 Å². The van der Waals surface area contributed by atoms with Gasteiger partial charge in [0, 0.05) is 25.3 Å². The van der Waals surface area contributed by atoms with Gasteiger partial charge in [-0.25, -0.2) is 0 Å². The zero-order valence-electron chi connectivity index (χ0n) is 9.91. The van der Waals surface area contributed by atoms with E-state index in [-0.39, 0.29) is 0 Å². The van der Waals surface area contributed by atoms with Gasteiger partial charge in [-0.1, -0.05) is 12.1 Å². The van der Waals surface area contributed by atoms with Crippen molar-refractivity contribution in [3.8, 4) is 0 Å². The molecule has 3 heteroatoms. The van der Waals surface area contributed by atoms with Crippen molar-refractivity contribution in [3.05, 3.63) is 29.8 Å². The summed E-state index contributed by atoms with van der Waals surface area (Å²) in [5, 5.41) is 0. The number of rotatable bonds is 5. The molecule has 1 aliphatic heterocycles. The molecule has 2 rings (SSSR count). The molecule has 88 valence electrons. The third-order valence-corrected chi connectivity index (χ3v) is 2.93. The maximum Gasteiger partial charge on any atom is 0.0654 e. The van der Waals surface area contributed by atoms with Gasteiger partial charge in [0.2, 0.25) is 0 Å². The lowest BCUT2D eigenvalue weighted by Crippen LogP contribution is -2.17. The fourth-order valence-corrected chi connectivity index (χ4v) is 2.04. The summed E-state index contributed by atoms with van der Waals surface area (Å²) in [7, 11) is 0. The molecule has 0 radical (unpaired) electrons. The fourth-order valence-electron chi connectivity index (χ4n) is 2.04. The van der Waals surface area contributed by atoms with Crippen LogP contribution < -0.4 is 10.4 Å². The molecule has 1 heterocycles. The van der Waals surface area contributed by atoms with Crippen molar-refractivity contribution in [2.45, 2.75) is 26.3 Å². The van der Waals surface area contributed by atoms with Crippen molar-refractivity contribution in [3.63, 3.8) is 0 Å². The van der Waals surface area contributed by atoms with Crippen LogP contribution in [-0.2, 0) is 11.4 Å². The predicted molar refractivity (Wildman–Crippen MR) is 66.4 cm³/mol. The van der Waals surface area contributed by atoms with Crippen LogP contribution in [0.4, 0.5) is 5.69 Å². The summed E-state index contributed by atoms with van der Waals surface area (Å²) in [6.45, 7) is 5.86. The smallest absolute Gasteiger partial charge is 0.0654 e. The molecule has 1 saturated heterocycles. The van der Waals surface area contributed by atoms with Crippen molar-refractivity contribution < 1.29 is 4.84 Å². The van der Waals surface area contributed by atoms with E-state index >= 15 is 0 Å². The minimum Gasteiger partial charge on any atom is -0.372 e. The first kappa shape index (κ1) is 11.4. The summed E-state index contributed by atoms with van der Waals surface area (Å²) >= 11 is 0. The summed E-state index contributed by atoms with van der Waals surface area (Å²) in [5.74, 6) is 0. The number of benzene rings is 1. The van der Waals surface area contributed by atoms with Crippen molar-refractivity contribution >= 4 is 5.69 Å². The van der Waals surface area contributed by atoms with E-state index in [9.17, 15) is 0 Å². The molecule has 3 nitrogen and oxygen atoms in total. The van der Waals surface area contributed by atoms with Gasteiger partial charge >= 0.3 is 0 Å². The van der Waals surface area contributed by atoms with Gasteiger partial charge in [0.25, 0.3) is 0 Å². The van der Waals surface area contributed by atoms with Crippen LogP contribution >= 0.6 is 0 Å². The normalized spacial score (nSPS) is 15.7. The quantitative estimate of drug-likeness (QED) is 0.609. The molecule has 1 fully saturated rings. The molecule has 0 aliphatic carbocycles. The fraction of sp³-hybridized carbons (Fsp3) is 0.538. The lowest BCUT2D eigenvalue weighted by molar-refractivity contribution is 0.0463. The van der Waals surface area contributed by atoms with Gasteiger partial charge in [-0.05, 0) is 37.5 Å². The Bertz CT molecular complexity index is 304. The number of hydrogen-bond donors (Lipinski definition) is 1. The summed E-state index contributed by atoms with van der Waals surface area (Å²) in [6, 6.07) is 8.74. The second-order valence-electron chi connectivity index (χ2n) is 4.11. The van der Waals surface area contributed by atoms with Crippen LogP contribution in [-0.4, -0.2) is 19.7 Å². The number of hydroxylamine groups is 1. The van der Waals surface area contributed by atoms with Crippen molar-refractivity contribution in [1.29, 1.82) is 0 Å². The summed E-state index contributed by atoms with van der Waals surface area (Å²) < 4.78 is 0. The molecule has 0 bridgehead atoms. The number of anilines is 1. The standard InChI is InChI=1S/C13H20N2O/c1-2-16-14-11-12-5-7-13(8-6-12)15-9-3-4-10-15/h5-8,14H,2-4,9-11H2,1H3. The van der Waals surface area contributed by atoms with Crippen LogP contribution in [0.1, 0.15) is 25.3 Å². The second kappa shape index (κ2) is 5.87. The number of nitrogens with one attached hydrogen (secondary N) is 1. The van der Waals surface area contributed by atoms with Crippen molar-refractivity contribution in [1.82, 2.24) is 5.48 Å². The molecule has 0 atom stereocenters. The molecule has 16 heavy (non-hydrogen) atoms. The molecule has 1 N–H and O–H groups in total. The Morgan fingerprint density at radius 1 is 1.19 bits per heavy atom. The molecule has 0 saturated carbocycles. The lowest BCUT2D eigenvalue weighted by Gasteiger charge is -2.17. The monoisotopic (exact) mass is 220 g/mol. The van der Waals surface area contributed by atoms with Gasteiger partial charge in [0.15, 0.2) is 0 Å². The van der Waals surface area contributed by atoms with Crippen LogP contribution in [0.25, 0.3) is 0 Å². The van der Waals surface area contributed by atoms with Gasteiger partial charge in [-0.3, -0.25) is 0 Å². The van der Waals surface area contributed by atoms with Gasteiger partial charge in [0.05, 0.1) is 6.61 Å². The molecule has 1 aromatic rings. The molecular weight excluding hydrogens is 200 g/mol. The first-order chi connectivity index (χ1) is 7.90. The summed E-state index contributed by atoms with van der Waals surface area (Å²) in [6.07, 6.45) is 2.65. The van der Waals surface area contributed by atoms with Gasteiger partial charge in [-0.2, -0.15) is 5.48 Å². The van der Waals surface area contributed by atoms with Gasteiger partial charge in [-0.15, -0.1) is 0 Å². The topological polar surface area (TPSA) is 24.5 Å². The van der Waals surface area contributed by atoms with Crippen LogP contribution in [0.2, 0.25) is 0 Å². The molecule has 0 amide bonds. The average Bonchev–Trinajstić information content (AvgIpc) is 2.84. The highest BCUT2D eigenvalue weighted by Gasteiger charge is 2.11. The summed E-state index contributed by atoms with van der Waals surface area (Å²) in [5.41, 5.74) is 5.53. The van der Waals surface area contributed by atoms with Crippen LogP contribution in [0.5, 0.6) is 0 Å². The Kier molecular flexibility index (Phi) is 4.19. The van der Waals surface area contributed by atoms with E-state index in [1.165, 1.54) is 37.2 Å². The van der Waals surface area contributed by atoms with Crippen molar-refractivity contribution in [2.75, 3.05) is 24.6 Å². The van der Waals surface area contributed by atoms with Crippen molar-refractivity contribution in [2.24, 2.45) is 0 Å². The Labute approximate surface area is 97.4 Å². The third kappa shape index (κ3) is 2.97. The number of nitrogens with zero attached hydrogens (tertiary/aromatic N) is 1. The highest BCUT2D eigenvalue weighted by Crippen LogP contribution is 2.20. The van der Waals surface area contributed by atoms with E-state index in [1.807, 2.05) is 6.92 Å². The van der Waals surface area contributed by atoms with Crippen LogP contribution in [0.15, 0.2) is 24.3 Å². The van der Waals surface area contributed by atoms with E-state index in [4.69, 9.17) is 4.84 Å².